The third kappa shape index (κ3) is 3.07. The summed E-state index contributed by atoms with van der Waals surface area (Å²) in [6.07, 6.45) is 2.62. The molecule has 0 bridgehead atoms. The first-order valence-corrected chi connectivity index (χ1v) is 8.98. The maximum Gasteiger partial charge on any atom is 0.230 e. The van der Waals surface area contributed by atoms with Gasteiger partial charge in [-0.2, -0.15) is 0 Å². The van der Waals surface area contributed by atoms with Gasteiger partial charge in [-0.15, -0.1) is 0 Å². The molecule has 5 heteroatoms. The highest BCUT2D eigenvalue weighted by Crippen LogP contribution is 2.44. The smallest absolute Gasteiger partial charge is 0.230 e. The molecule has 2 aliphatic rings. The van der Waals surface area contributed by atoms with Crippen molar-refractivity contribution in [3.05, 3.63) is 59.1 Å². The summed E-state index contributed by atoms with van der Waals surface area (Å²) in [5.41, 5.74) is 0.602. The molecular weight excluding hydrogens is 338 g/mol. The minimum absolute atomic E-state index is 0.0588. The third-order valence-electron chi connectivity index (χ3n) is 5.10. The van der Waals surface area contributed by atoms with Crippen LogP contribution < -0.4 is 14.8 Å². The van der Waals surface area contributed by atoms with E-state index in [1.165, 1.54) is 0 Å². The SMILES string of the molecule is O=C(NC[C@@H]1COc2ccccc2O1)C1(c2ccc(Cl)cc2)CCC1. The van der Waals surface area contributed by atoms with E-state index in [4.69, 9.17) is 21.1 Å². The molecule has 1 saturated carbocycles. The number of nitrogens with one attached hydrogen (secondary N) is 1. The van der Waals surface area contributed by atoms with Gasteiger partial charge in [-0.1, -0.05) is 42.3 Å². The molecule has 1 aliphatic heterocycles. The second-order valence-corrected chi connectivity index (χ2v) is 7.09. The summed E-state index contributed by atoms with van der Waals surface area (Å²) in [6.45, 7) is 0.869. The van der Waals surface area contributed by atoms with Crippen LogP contribution in [0.25, 0.3) is 0 Å². The lowest BCUT2D eigenvalue weighted by Crippen LogP contribution is -2.52. The van der Waals surface area contributed by atoms with Crippen LogP contribution in [-0.2, 0) is 10.2 Å². The van der Waals surface area contributed by atoms with Gasteiger partial charge in [0.05, 0.1) is 12.0 Å². The van der Waals surface area contributed by atoms with Crippen LogP contribution in [0.2, 0.25) is 5.02 Å². The van der Waals surface area contributed by atoms with Crippen LogP contribution in [0.4, 0.5) is 0 Å². The van der Waals surface area contributed by atoms with Crippen molar-refractivity contribution >= 4 is 17.5 Å². The molecule has 1 heterocycles. The predicted molar refractivity (Wildman–Crippen MR) is 96.3 cm³/mol. The lowest BCUT2D eigenvalue weighted by molar-refractivity contribution is -0.130. The number of hydrogen-bond donors (Lipinski definition) is 1. The Morgan fingerprint density at radius 1 is 1.12 bits per heavy atom. The summed E-state index contributed by atoms with van der Waals surface area (Å²) in [6, 6.07) is 15.2. The van der Waals surface area contributed by atoms with Crippen molar-refractivity contribution in [3.63, 3.8) is 0 Å². The maximum absolute atomic E-state index is 12.9. The number of hydrogen-bond acceptors (Lipinski definition) is 3. The van der Waals surface area contributed by atoms with Crippen LogP contribution in [0.5, 0.6) is 11.5 Å². The topological polar surface area (TPSA) is 47.6 Å². The van der Waals surface area contributed by atoms with Crippen molar-refractivity contribution in [1.29, 1.82) is 0 Å². The molecule has 4 nitrogen and oxygen atoms in total. The number of rotatable bonds is 4. The predicted octanol–water partition coefficient (Wildman–Crippen LogP) is 3.72. The van der Waals surface area contributed by atoms with Crippen LogP contribution >= 0.6 is 11.6 Å². The van der Waals surface area contributed by atoms with Crippen LogP contribution in [0, 0.1) is 0 Å². The Morgan fingerprint density at radius 2 is 1.84 bits per heavy atom. The lowest BCUT2D eigenvalue weighted by Gasteiger charge is -2.41. The molecule has 1 fully saturated rings. The van der Waals surface area contributed by atoms with Gasteiger partial charge < -0.3 is 14.8 Å². The van der Waals surface area contributed by atoms with E-state index in [0.29, 0.717) is 18.2 Å². The Kier molecular flexibility index (Phi) is 4.30. The summed E-state index contributed by atoms with van der Waals surface area (Å²) in [5, 5.41) is 3.75. The summed E-state index contributed by atoms with van der Waals surface area (Å²) in [7, 11) is 0. The molecular formula is C20H20ClNO3. The van der Waals surface area contributed by atoms with Gasteiger partial charge in [0.15, 0.2) is 11.5 Å². The van der Waals surface area contributed by atoms with Crippen molar-refractivity contribution in [1.82, 2.24) is 5.32 Å². The summed E-state index contributed by atoms with van der Waals surface area (Å²) in [4.78, 5) is 12.9. The number of halogens is 1. The van der Waals surface area contributed by atoms with E-state index in [0.717, 1.165) is 36.3 Å². The summed E-state index contributed by atoms with van der Waals surface area (Å²) in [5.74, 6) is 1.54. The average Bonchev–Trinajstić information content (AvgIpc) is 2.60. The Hall–Kier alpha value is -2.20. The Labute approximate surface area is 152 Å². The maximum atomic E-state index is 12.9. The highest BCUT2D eigenvalue weighted by molar-refractivity contribution is 6.30. The van der Waals surface area contributed by atoms with E-state index in [9.17, 15) is 4.79 Å². The Morgan fingerprint density at radius 3 is 2.52 bits per heavy atom. The average molecular weight is 358 g/mol. The van der Waals surface area contributed by atoms with Crippen LogP contribution in [0.1, 0.15) is 24.8 Å². The second-order valence-electron chi connectivity index (χ2n) is 6.65. The Balaban J connectivity index is 1.41. The normalized spacial score (nSPS) is 20.4. The molecule has 1 atom stereocenters. The molecule has 0 aromatic heterocycles. The number of carbonyl (C=O) groups excluding carboxylic acids is 1. The van der Waals surface area contributed by atoms with E-state index in [-0.39, 0.29) is 12.0 Å². The Bertz CT molecular complexity index is 771. The fraction of sp³-hybridized carbons (Fsp3) is 0.350. The van der Waals surface area contributed by atoms with E-state index in [2.05, 4.69) is 5.32 Å². The number of benzene rings is 2. The molecule has 1 amide bonds. The number of para-hydroxylation sites is 2. The summed E-state index contributed by atoms with van der Waals surface area (Å²) < 4.78 is 11.6. The third-order valence-corrected chi connectivity index (χ3v) is 5.35. The molecule has 130 valence electrons. The molecule has 2 aromatic carbocycles. The number of fused-ring (bicyclic) bond motifs is 1. The highest BCUT2D eigenvalue weighted by atomic mass is 35.5. The van der Waals surface area contributed by atoms with Crippen molar-refractivity contribution < 1.29 is 14.3 Å². The van der Waals surface area contributed by atoms with Gasteiger partial charge in [0.1, 0.15) is 12.7 Å². The van der Waals surface area contributed by atoms with Crippen molar-refractivity contribution in [2.75, 3.05) is 13.2 Å². The minimum Gasteiger partial charge on any atom is -0.486 e. The zero-order chi connectivity index (χ0) is 17.3. The van der Waals surface area contributed by atoms with Crippen molar-refractivity contribution in [2.45, 2.75) is 30.8 Å². The van der Waals surface area contributed by atoms with Crippen LogP contribution in [0.3, 0.4) is 0 Å². The van der Waals surface area contributed by atoms with Gasteiger partial charge in [0.25, 0.3) is 0 Å². The quantitative estimate of drug-likeness (QED) is 0.907. The molecule has 1 aliphatic carbocycles. The van der Waals surface area contributed by atoms with Crippen LogP contribution in [-0.4, -0.2) is 25.2 Å². The molecule has 25 heavy (non-hydrogen) atoms. The standard InChI is InChI=1S/C20H20ClNO3/c21-15-8-6-14(7-9-15)20(10-3-11-20)19(23)22-12-16-13-24-17-4-1-2-5-18(17)25-16/h1-2,4-9,16H,3,10-13H2,(H,22,23)/t16-/m1/s1. The number of amides is 1. The second kappa shape index (κ2) is 6.60. The van der Waals surface area contributed by atoms with E-state index >= 15 is 0 Å². The molecule has 0 spiro atoms. The number of ether oxygens (including phenoxy) is 2. The first-order chi connectivity index (χ1) is 12.2. The van der Waals surface area contributed by atoms with E-state index in [1.807, 2.05) is 48.5 Å². The molecule has 0 radical (unpaired) electrons. The minimum atomic E-state index is -0.433. The molecule has 1 N–H and O–H groups in total. The van der Waals surface area contributed by atoms with E-state index in [1.54, 1.807) is 0 Å². The largest absolute Gasteiger partial charge is 0.486 e. The zero-order valence-corrected chi connectivity index (χ0v) is 14.6. The first-order valence-electron chi connectivity index (χ1n) is 8.60. The fourth-order valence-electron chi connectivity index (χ4n) is 3.49. The number of carbonyl (C=O) groups is 1. The van der Waals surface area contributed by atoms with Gasteiger partial charge in [-0.3, -0.25) is 4.79 Å². The van der Waals surface area contributed by atoms with Gasteiger partial charge in [0, 0.05) is 5.02 Å². The van der Waals surface area contributed by atoms with Crippen molar-refractivity contribution in [2.24, 2.45) is 0 Å². The van der Waals surface area contributed by atoms with Gasteiger partial charge >= 0.3 is 0 Å². The van der Waals surface area contributed by atoms with Crippen LogP contribution in [0.15, 0.2) is 48.5 Å². The molecule has 0 unspecified atom stereocenters. The highest BCUT2D eigenvalue weighted by Gasteiger charge is 2.45. The molecule has 4 rings (SSSR count). The molecule has 0 saturated heterocycles. The molecule has 2 aromatic rings. The van der Waals surface area contributed by atoms with Gasteiger partial charge in [-0.25, -0.2) is 0 Å². The van der Waals surface area contributed by atoms with Gasteiger partial charge in [-0.05, 0) is 42.7 Å². The monoisotopic (exact) mass is 357 g/mol. The zero-order valence-electron chi connectivity index (χ0n) is 13.8. The van der Waals surface area contributed by atoms with E-state index < -0.39 is 5.41 Å². The first kappa shape index (κ1) is 16.3. The lowest BCUT2D eigenvalue weighted by atomic mass is 9.64. The fourth-order valence-corrected chi connectivity index (χ4v) is 3.61. The van der Waals surface area contributed by atoms with Gasteiger partial charge in [0.2, 0.25) is 5.91 Å². The van der Waals surface area contributed by atoms with Crippen molar-refractivity contribution in [3.8, 4) is 11.5 Å². The summed E-state index contributed by atoms with van der Waals surface area (Å²) >= 11 is 5.98.